The van der Waals surface area contributed by atoms with Gasteiger partial charge in [0.05, 0.1) is 17.4 Å². The number of imidazole rings is 1. The van der Waals surface area contributed by atoms with Crippen molar-refractivity contribution in [2.75, 3.05) is 0 Å². The van der Waals surface area contributed by atoms with E-state index in [1.54, 1.807) is 0 Å². The number of rotatable bonds is 2. The summed E-state index contributed by atoms with van der Waals surface area (Å²) in [7, 11) is 0. The first kappa shape index (κ1) is 10.3. The van der Waals surface area contributed by atoms with Crippen LogP contribution in [0.4, 0.5) is 0 Å². The van der Waals surface area contributed by atoms with E-state index >= 15 is 0 Å². The second-order valence-corrected chi connectivity index (χ2v) is 4.70. The molecule has 1 unspecified atom stereocenters. The SMILES string of the molecule is Cc1ccc2c(c1)ncn2CC1C=CC=CC1. The van der Waals surface area contributed by atoms with Gasteiger partial charge in [-0.25, -0.2) is 4.98 Å². The molecule has 0 bridgehead atoms. The first-order valence-corrected chi connectivity index (χ1v) is 6.08. The van der Waals surface area contributed by atoms with E-state index in [1.165, 1.54) is 11.1 Å². The van der Waals surface area contributed by atoms with E-state index < -0.39 is 0 Å². The van der Waals surface area contributed by atoms with Crippen LogP contribution in [0.2, 0.25) is 0 Å². The van der Waals surface area contributed by atoms with Gasteiger partial charge in [-0.15, -0.1) is 0 Å². The van der Waals surface area contributed by atoms with Gasteiger partial charge in [0.25, 0.3) is 0 Å². The van der Waals surface area contributed by atoms with Gasteiger partial charge >= 0.3 is 0 Å². The molecule has 0 radical (unpaired) electrons. The Kier molecular flexibility index (Phi) is 2.56. The Hall–Kier alpha value is -1.83. The van der Waals surface area contributed by atoms with E-state index in [0.717, 1.165) is 18.5 Å². The van der Waals surface area contributed by atoms with Gasteiger partial charge in [0.2, 0.25) is 0 Å². The zero-order chi connectivity index (χ0) is 11.7. The number of aromatic nitrogens is 2. The Morgan fingerprint density at radius 1 is 1.35 bits per heavy atom. The lowest BCUT2D eigenvalue weighted by molar-refractivity contribution is 0.541. The van der Waals surface area contributed by atoms with Crippen LogP contribution in [-0.4, -0.2) is 9.55 Å². The average molecular weight is 224 g/mol. The van der Waals surface area contributed by atoms with Gasteiger partial charge in [-0.05, 0) is 37.0 Å². The molecule has 3 rings (SSSR count). The highest BCUT2D eigenvalue weighted by Gasteiger charge is 2.09. The summed E-state index contributed by atoms with van der Waals surface area (Å²) in [5, 5.41) is 0. The van der Waals surface area contributed by atoms with Crippen molar-refractivity contribution in [2.24, 2.45) is 5.92 Å². The minimum Gasteiger partial charge on any atom is -0.330 e. The Morgan fingerprint density at radius 2 is 2.29 bits per heavy atom. The van der Waals surface area contributed by atoms with Crippen LogP contribution in [0.5, 0.6) is 0 Å². The maximum Gasteiger partial charge on any atom is 0.0958 e. The summed E-state index contributed by atoms with van der Waals surface area (Å²) in [6.45, 7) is 3.12. The van der Waals surface area contributed by atoms with E-state index in [1.807, 2.05) is 6.33 Å². The number of benzene rings is 1. The minimum atomic E-state index is 0.596. The summed E-state index contributed by atoms with van der Waals surface area (Å²) in [6, 6.07) is 6.46. The van der Waals surface area contributed by atoms with Crippen molar-refractivity contribution in [1.29, 1.82) is 0 Å². The van der Waals surface area contributed by atoms with E-state index in [2.05, 4.69) is 59.0 Å². The Balaban J connectivity index is 1.90. The molecule has 17 heavy (non-hydrogen) atoms. The van der Waals surface area contributed by atoms with Gasteiger partial charge in [-0.2, -0.15) is 0 Å². The largest absolute Gasteiger partial charge is 0.330 e. The molecule has 0 aliphatic heterocycles. The first-order valence-electron chi connectivity index (χ1n) is 6.08. The lowest BCUT2D eigenvalue weighted by Gasteiger charge is -2.14. The Morgan fingerprint density at radius 3 is 3.12 bits per heavy atom. The molecule has 0 amide bonds. The van der Waals surface area contributed by atoms with Crippen LogP contribution in [0.1, 0.15) is 12.0 Å². The summed E-state index contributed by atoms with van der Waals surface area (Å²) in [4.78, 5) is 4.47. The number of hydrogen-bond acceptors (Lipinski definition) is 1. The average Bonchev–Trinajstić information content (AvgIpc) is 2.73. The van der Waals surface area contributed by atoms with Crippen LogP contribution < -0.4 is 0 Å². The van der Waals surface area contributed by atoms with Crippen molar-refractivity contribution in [1.82, 2.24) is 9.55 Å². The number of nitrogens with zero attached hydrogens (tertiary/aromatic N) is 2. The third-order valence-corrected chi connectivity index (χ3v) is 3.28. The van der Waals surface area contributed by atoms with Crippen molar-refractivity contribution >= 4 is 11.0 Å². The van der Waals surface area contributed by atoms with Gasteiger partial charge in [0.15, 0.2) is 0 Å². The predicted molar refractivity (Wildman–Crippen MR) is 70.9 cm³/mol. The third kappa shape index (κ3) is 2.03. The first-order chi connectivity index (χ1) is 8.33. The maximum atomic E-state index is 4.47. The molecular weight excluding hydrogens is 208 g/mol. The van der Waals surface area contributed by atoms with E-state index in [0.29, 0.717) is 5.92 Å². The summed E-state index contributed by atoms with van der Waals surface area (Å²) >= 11 is 0. The molecule has 1 aliphatic carbocycles. The molecule has 1 atom stereocenters. The molecule has 0 fully saturated rings. The molecule has 2 heteroatoms. The molecular formula is C15H16N2. The van der Waals surface area contributed by atoms with Crippen molar-refractivity contribution < 1.29 is 0 Å². The lowest BCUT2D eigenvalue weighted by atomic mass is 10.0. The van der Waals surface area contributed by atoms with Crippen LogP contribution in [0.15, 0.2) is 48.8 Å². The molecule has 2 nitrogen and oxygen atoms in total. The van der Waals surface area contributed by atoms with Crippen molar-refractivity contribution in [3.8, 4) is 0 Å². The number of allylic oxidation sites excluding steroid dienone is 4. The van der Waals surface area contributed by atoms with Crippen LogP contribution in [0, 0.1) is 12.8 Å². The van der Waals surface area contributed by atoms with E-state index in [-0.39, 0.29) is 0 Å². The summed E-state index contributed by atoms with van der Waals surface area (Å²) in [6.07, 6.45) is 11.8. The second-order valence-electron chi connectivity index (χ2n) is 4.70. The highest BCUT2D eigenvalue weighted by atomic mass is 15.0. The van der Waals surface area contributed by atoms with Crippen molar-refractivity contribution in [3.63, 3.8) is 0 Å². The van der Waals surface area contributed by atoms with Gasteiger partial charge in [-0.1, -0.05) is 30.4 Å². The van der Waals surface area contributed by atoms with Gasteiger partial charge in [-0.3, -0.25) is 0 Å². The Labute approximate surface area is 101 Å². The molecule has 2 aromatic rings. The van der Waals surface area contributed by atoms with Gasteiger partial charge in [0.1, 0.15) is 0 Å². The minimum absolute atomic E-state index is 0.596. The number of aryl methyl sites for hydroxylation is 1. The van der Waals surface area contributed by atoms with Gasteiger partial charge < -0.3 is 4.57 Å². The predicted octanol–water partition coefficient (Wildman–Crippen LogP) is 3.48. The quantitative estimate of drug-likeness (QED) is 0.763. The molecule has 1 aromatic carbocycles. The van der Waals surface area contributed by atoms with E-state index in [9.17, 15) is 0 Å². The highest BCUT2D eigenvalue weighted by Crippen LogP contribution is 2.19. The van der Waals surface area contributed by atoms with Crippen LogP contribution in [-0.2, 0) is 6.54 Å². The molecule has 0 spiro atoms. The molecule has 0 saturated heterocycles. The fourth-order valence-corrected chi connectivity index (χ4v) is 2.34. The molecule has 0 saturated carbocycles. The smallest absolute Gasteiger partial charge is 0.0958 e. The molecule has 1 aromatic heterocycles. The lowest BCUT2D eigenvalue weighted by Crippen LogP contribution is -2.08. The Bertz CT molecular complexity index is 590. The third-order valence-electron chi connectivity index (χ3n) is 3.28. The summed E-state index contributed by atoms with van der Waals surface area (Å²) in [5.74, 6) is 0.596. The van der Waals surface area contributed by atoms with Crippen LogP contribution >= 0.6 is 0 Å². The fourth-order valence-electron chi connectivity index (χ4n) is 2.34. The van der Waals surface area contributed by atoms with Crippen LogP contribution in [0.25, 0.3) is 11.0 Å². The number of hydrogen-bond donors (Lipinski definition) is 0. The molecule has 1 heterocycles. The summed E-state index contributed by atoms with van der Waals surface area (Å²) < 4.78 is 2.25. The maximum absolute atomic E-state index is 4.47. The standard InChI is InChI=1S/C15H16N2/c1-12-7-8-15-14(9-12)16-11-17(15)10-13-5-3-2-4-6-13/h2-5,7-9,11,13H,6,10H2,1H3. The zero-order valence-electron chi connectivity index (χ0n) is 10.0. The molecule has 86 valence electrons. The van der Waals surface area contributed by atoms with Crippen LogP contribution in [0.3, 0.4) is 0 Å². The number of fused-ring (bicyclic) bond motifs is 1. The van der Waals surface area contributed by atoms with E-state index in [4.69, 9.17) is 0 Å². The zero-order valence-corrected chi connectivity index (χ0v) is 10.0. The normalized spacial score (nSPS) is 19.0. The monoisotopic (exact) mass is 224 g/mol. The topological polar surface area (TPSA) is 17.8 Å². The molecule has 0 N–H and O–H groups in total. The van der Waals surface area contributed by atoms with Crippen molar-refractivity contribution in [2.45, 2.75) is 19.9 Å². The van der Waals surface area contributed by atoms with Gasteiger partial charge in [0, 0.05) is 6.54 Å². The highest BCUT2D eigenvalue weighted by molar-refractivity contribution is 5.75. The fraction of sp³-hybridized carbons (Fsp3) is 0.267. The second kappa shape index (κ2) is 4.21. The molecule has 1 aliphatic rings. The summed E-state index contributed by atoms with van der Waals surface area (Å²) in [5.41, 5.74) is 3.60. The van der Waals surface area contributed by atoms with Crippen molar-refractivity contribution in [3.05, 3.63) is 54.4 Å².